The van der Waals surface area contributed by atoms with Gasteiger partial charge in [-0.15, -0.1) is 10.2 Å². The number of amides is 1. The second kappa shape index (κ2) is 6.89. The average molecular weight is 316 g/mol. The summed E-state index contributed by atoms with van der Waals surface area (Å²) < 4.78 is 13.0. The molecule has 0 radical (unpaired) electrons. The number of morpholine rings is 1. The molecule has 2 aromatic rings. The highest BCUT2D eigenvalue weighted by molar-refractivity contribution is 5.82. The zero-order valence-corrected chi connectivity index (χ0v) is 13.3. The molecule has 1 aliphatic rings. The number of aryl methyl sites for hydroxylation is 1. The lowest BCUT2D eigenvalue weighted by atomic mass is 10.1. The van der Waals surface area contributed by atoms with Crippen molar-refractivity contribution in [3.63, 3.8) is 0 Å². The Morgan fingerprint density at radius 3 is 2.83 bits per heavy atom. The van der Waals surface area contributed by atoms with Crippen molar-refractivity contribution < 1.29 is 14.3 Å². The second-order valence-corrected chi connectivity index (χ2v) is 5.47. The third kappa shape index (κ3) is 3.25. The summed E-state index contributed by atoms with van der Waals surface area (Å²) in [5.41, 5.74) is 0.849. The number of aromatic nitrogens is 3. The molecule has 122 valence electrons. The number of ether oxygens (including phenoxy) is 2. The average Bonchev–Trinajstić information content (AvgIpc) is 3.02. The fraction of sp³-hybridized carbons (Fsp3) is 0.438. The van der Waals surface area contributed by atoms with Gasteiger partial charge in [0.25, 0.3) is 5.91 Å². The predicted molar refractivity (Wildman–Crippen MR) is 82.5 cm³/mol. The molecule has 0 spiro atoms. The van der Waals surface area contributed by atoms with Crippen LogP contribution in [0.25, 0.3) is 0 Å². The highest BCUT2D eigenvalue weighted by Gasteiger charge is 2.32. The highest BCUT2D eigenvalue weighted by Crippen LogP contribution is 2.24. The molecule has 0 bridgehead atoms. The van der Waals surface area contributed by atoms with Gasteiger partial charge >= 0.3 is 0 Å². The first kappa shape index (κ1) is 15.6. The summed E-state index contributed by atoms with van der Waals surface area (Å²) in [5.74, 6) is 0.658. The van der Waals surface area contributed by atoms with Crippen LogP contribution in [-0.4, -0.2) is 52.4 Å². The number of carbonyl (C=O) groups excluding carboxylic acids is 1. The van der Waals surface area contributed by atoms with Crippen LogP contribution < -0.4 is 0 Å². The molecule has 7 nitrogen and oxygen atoms in total. The lowest BCUT2D eigenvalue weighted by Crippen LogP contribution is -2.45. The monoisotopic (exact) mass is 316 g/mol. The van der Waals surface area contributed by atoms with Crippen LogP contribution in [0.4, 0.5) is 0 Å². The van der Waals surface area contributed by atoms with Crippen molar-refractivity contribution in [1.29, 1.82) is 0 Å². The molecular formula is C16H20N4O3. The van der Waals surface area contributed by atoms with Crippen molar-refractivity contribution in [3.05, 3.63) is 48.0 Å². The van der Waals surface area contributed by atoms with E-state index in [1.54, 1.807) is 18.3 Å². The Labute approximate surface area is 134 Å². The fourth-order valence-corrected chi connectivity index (χ4v) is 2.76. The van der Waals surface area contributed by atoms with Crippen LogP contribution in [0.3, 0.4) is 0 Å². The summed E-state index contributed by atoms with van der Waals surface area (Å²) >= 11 is 0. The molecule has 0 aliphatic carbocycles. The Morgan fingerprint density at radius 1 is 1.39 bits per heavy atom. The molecule has 1 fully saturated rings. The van der Waals surface area contributed by atoms with Crippen LogP contribution in [0.5, 0.6) is 0 Å². The Hall–Kier alpha value is -2.25. The molecule has 0 unspecified atom stereocenters. The third-order valence-electron chi connectivity index (χ3n) is 3.97. The van der Waals surface area contributed by atoms with Crippen molar-refractivity contribution >= 4 is 5.91 Å². The maximum atomic E-state index is 12.8. The van der Waals surface area contributed by atoms with Crippen molar-refractivity contribution in [2.45, 2.75) is 12.2 Å². The zero-order valence-electron chi connectivity index (χ0n) is 13.3. The second-order valence-electron chi connectivity index (χ2n) is 5.47. The van der Waals surface area contributed by atoms with E-state index in [9.17, 15) is 4.79 Å². The van der Waals surface area contributed by atoms with Crippen LogP contribution in [0, 0.1) is 0 Å². The molecule has 7 heteroatoms. The van der Waals surface area contributed by atoms with E-state index in [0.29, 0.717) is 19.7 Å². The molecular weight excluding hydrogens is 296 g/mol. The number of rotatable bonds is 4. The summed E-state index contributed by atoms with van der Waals surface area (Å²) in [6.45, 7) is 1.45. The minimum atomic E-state index is -0.602. The normalized spacial score (nSPS) is 19.6. The van der Waals surface area contributed by atoms with Gasteiger partial charge in [0.15, 0.2) is 11.9 Å². The first-order valence-electron chi connectivity index (χ1n) is 7.52. The quantitative estimate of drug-likeness (QED) is 0.845. The van der Waals surface area contributed by atoms with Gasteiger partial charge in [0.2, 0.25) is 0 Å². The van der Waals surface area contributed by atoms with E-state index in [-0.39, 0.29) is 12.0 Å². The van der Waals surface area contributed by atoms with Crippen molar-refractivity contribution in [1.82, 2.24) is 19.7 Å². The van der Waals surface area contributed by atoms with Crippen LogP contribution in [-0.2, 0) is 21.3 Å². The van der Waals surface area contributed by atoms with Gasteiger partial charge < -0.3 is 18.9 Å². The van der Waals surface area contributed by atoms with Gasteiger partial charge in [-0.25, -0.2) is 0 Å². The predicted octanol–water partition coefficient (Wildman–Crippen LogP) is 1.10. The number of nitrogens with zero attached hydrogens (tertiary/aromatic N) is 4. The third-order valence-corrected chi connectivity index (χ3v) is 3.97. The summed E-state index contributed by atoms with van der Waals surface area (Å²) in [6.07, 6.45) is 0.754. The van der Waals surface area contributed by atoms with E-state index in [2.05, 4.69) is 10.2 Å². The summed E-state index contributed by atoms with van der Waals surface area (Å²) in [7, 11) is 3.41. The van der Waals surface area contributed by atoms with Gasteiger partial charge in [0, 0.05) is 20.7 Å². The summed E-state index contributed by atoms with van der Waals surface area (Å²) in [4.78, 5) is 14.6. The molecule has 1 aliphatic heterocycles. The van der Waals surface area contributed by atoms with E-state index in [0.717, 1.165) is 11.4 Å². The van der Waals surface area contributed by atoms with Crippen molar-refractivity contribution in [3.8, 4) is 0 Å². The summed E-state index contributed by atoms with van der Waals surface area (Å²) in [6, 6.07) is 9.51. The topological polar surface area (TPSA) is 69.5 Å². The molecule has 0 N–H and O–H groups in total. The Kier molecular flexibility index (Phi) is 4.68. The minimum Gasteiger partial charge on any atom is -0.367 e. The molecule has 2 atom stereocenters. The standard InChI is InChI=1S/C16H20N4O3/c1-19-11-17-18-15(19)13-10-20(8-9-23-13)16(21)14(22-2)12-6-4-3-5-7-12/h3-7,11,13-14H,8-10H2,1-2H3/t13-,14-/m1/s1. The molecule has 1 aromatic carbocycles. The van der Waals surface area contributed by atoms with Crippen molar-refractivity contribution in [2.75, 3.05) is 26.8 Å². The van der Waals surface area contributed by atoms with Crippen LogP contribution in [0.1, 0.15) is 23.6 Å². The number of carbonyl (C=O) groups is 1. The molecule has 0 saturated carbocycles. The maximum absolute atomic E-state index is 12.8. The number of methoxy groups -OCH3 is 1. The van der Waals surface area contributed by atoms with Gasteiger partial charge in [-0.05, 0) is 5.56 Å². The number of hydrogen-bond donors (Lipinski definition) is 0. The van der Waals surface area contributed by atoms with E-state index < -0.39 is 6.10 Å². The number of benzene rings is 1. The molecule has 1 amide bonds. The largest absolute Gasteiger partial charge is 0.367 e. The molecule has 1 aromatic heterocycles. The van der Waals surface area contributed by atoms with Gasteiger partial charge in [-0.2, -0.15) is 0 Å². The van der Waals surface area contributed by atoms with Gasteiger partial charge in [0.05, 0.1) is 13.2 Å². The van der Waals surface area contributed by atoms with E-state index in [1.165, 1.54) is 0 Å². The lowest BCUT2D eigenvalue weighted by Gasteiger charge is -2.34. The fourth-order valence-electron chi connectivity index (χ4n) is 2.76. The molecule has 2 heterocycles. The van der Waals surface area contributed by atoms with Gasteiger partial charge in [-0.3, -0.25) is 4.79 Å². The Balaban J connectivity index is 1.75. The Bertz CT molecular complexity index is 658. The summed E-state index contributed by atoms with van der Waals surface area (Å²) in [5, 5.41) is 7.95. The Morgan fingerprint density at radius 2 is 2.17 bits per heavy atom. The van der Waals surface area contributed by atoms with E-state index in [1.807, 2.05) is 41.9 Å². The van der Waals surface area contributed by atoms with E-state index in [4.69, 9.17) is 9.47 Å². The smallest absolute Gasteiger partial charge is 0.256 e. The van der Waals surface area contributed by atoms with Crippen molar-refractivity contribution in [2.24, 2.45) is 7.05 Å². The van der Waals surface area contributed by atoms with Crippen LogP contribution >= 0.6 is 0 Å². The van der Waals surface area contributed by atoms with E-state index >= 15 is 0 Å². The van der Waals surface area contributed by atoms with Crippen LogP contribution in [0.2, 0.25) is 0 Å². The highest BCUT2D eigenvalue weighted by atomic mass is 16.5. The lowest BCUT2D eigenvalue weighted by molar-refractivity contribution is -0.150. The van der Waals surface area contributed by atoms with Gasteiger partial charge in [0.1, 0.15) is 12.4 Å². The zero-order chi connectivity index (χ0) is 16.2. The molecule has 3 rings (SSSR count). The maximum Gasteiger partial charge on any atom is 0.256 e. The first-order chi connectivity index (χ1) is 11.2. The minimum absolute atomic E-state index is 0.0610. The van der Waals surface area contributed by atoms with Gasteiger partial charge in [-0.1, -0.05) is 30.3 Å². The molecule has 23 heavy (non-hydrogen) atoms. The number of hydrogen-bond acceptors (Lipinski definition) is 5. The first-order valence-corrected chi connectivity index (χ1v) is 7.52. The molecule has 1 saturated heterocycles. The SMILES string of the molecule is CO[C@@H](C(=O)N1CCO[C@@H](c2nncn2C)C1)c1ccccc1. The van der Waals surface area contributed by atoms with Crippen LogP contribution in [0.15, 0.2) is 36.7 Å².